The lowest BCUT2D eigenvalue weighted by Gasteiger charge is -2.40. The number of fused-ring (bicyclic) bond motifs is 10. The quantitative estimate of drug-likeness (QED) is 0.175. The minimum atomic E-state index is -0.419. The molecule has 0 saturated carbocycles. The Morgan fingerprint density at radius 2 is 1.12 bits per heavy atom. The maximum absolute atomic E-state index is 2.50. The van der Waals surface area contributed by atoms with E-state index in [0.717, 1.165) is 6.42 Å². The summed E-state index contributed by atoms with van der Waals surface area (Å²) in [4.78, 5) is 0. The first-order valence-corrected chi connectivity index (χ1v) is 18.1. The monoisotopic (exact) mass is 646 g/mol. The van der Waals surface area contributed by atoms with Gasteiger partial charge in [-0.1, -0.05) is 182 Å². The van der Waals surface area contributed by atoms with Gasteiger partial charge in [0.15, 0.2) is 0 Å². The van der Waals surface area contributed by atoms with Gasteiger partial charge >= 0.3 is 0 Å². The van der Waals surface area contributed by atoms with Gasteiger partial charge in [-0.2, -0.15) is 0 Å². The number of hydrogen-bond acceptors (Lipinski definition) is 0. The molecule has 0 fully saturated rings. The van der Waals surface area contributed by atoms with Crippen molar-refractivity contribution in [2.24, 2.45) is 0 Å². The summed E-state index contributed by atoms with van der Waals surface area (Å²) < 4.78 is 0. The van der Waals surface area contributed by atoms with Crippen LogP contribution in [0.2, 0.25) is 0 Å². The van der Waals surface area contributed by atoms with E-state index in [9.17, 15) is 0 Å². The van der Waals surface area contributed by atoms with Crippen molar-refractivity contribution in [2.75, 3.05) is 0 Å². The Bertz CT molecular complexity index is 2720. The Balaban J connectivity index is 1.12. The molecule has 0 saturated heterocycles. The minimum absolute atomic E-state index is 0.291. The van der Waals surface area contributed by atoms with Gasteiger partial charge in [-0.15, -0.1) is 0 Å². The minimum Gasteiger partial charge on any atom is -0.0754 e. The highest BCUT2D eigenvalue weighted by atomic mass is 14.5. The standard InChI is InChI=1S/C51H34/c1-2-11-35(12-3-1)39-29-26-36-14-8-13-34(25-23-33-24-28-40(39)45(36)31-33)38-27-30-43-41-17-4-6-20-46(41)51(49(43)32-38)47-21-7-5-18-42(47)44-19-9-15-37-16-10-22-48(51)50(37)44/h1-23,25-32,39H,24H2. The third kappa shape index (κ3) is 4.02. The molecule has 0 heterocycles. The summed E-state index contributed by atoms with van der Waals surface area (Å²) in [6, 6.07) is 63.9. The molecule has 11 rings (SSSR count). The Morgan fingerprint density at radius 1 is 0.451 bits per heavy atom. The number of rotatable bonds is 2. The van der Waals surface area contributed by atoms with Crippen LogP contribution >= 0.6 is 0 Å². The van der Waals surface area contributed by atoms with Crippen molar-refractivity contribution in [3.8, 4) is 33.4 Å². The molecule has 0 amide bonds. The van der Waals surface area contributed by atoms with E-state index in [1.165, 1.54) is 94.2 Å². The van der Waals surface area contributed by atoms with Crippen LogP contribution in [0.1, 0.15) is 50.4 Å². The highest BCUT2D eigenvalue weighted by Gasteiger charge is 2.50. The summed E-state index contributed by atoms with van der Waals surface area (Å²) in [6.45, 7) is 0. The molecular weight excluding hydrogens is 613 g/mol. The lowest BCUT2D eigenvalue weighted by molar-refractivity contribution is 0.774. The third-order valence-electron chi connectivity index (χ3n) is 11.8. The summed E-state index contributed by atoms with van der Waals surface area (Å²) in [5.74, 6) is 0.291. The second kappa shape index (κ2) is 10.9. The van der Waals surface area contributed by atoms with Crippen LogP contribution in [-0.2, 0) is 11.8 Å². The van der Waals surface area contributed by atoms with Crippen molar-refractivity contribution in [1.29, 1.82) is 0 Å². The van der Waals surface area contributed by atoms with Crippen molar-refractivity contribution in [3.63, 3.8) is 0 Å². The van der Waals surface area contributed by atoms with E-state index >= 15 is 0 Å². The molecule has 2 atom stereocenters. The normalized spacial score (nSPS) is 18.0. The van der Waals surface area contributed by atoms with E-state index in [2.05, 4.69) is 188 Å². The molecule has 7 aromatic rings. The first kappa shape index (κ1) is 28.6. The summed E-state index contributed by atoms with van der Waals surface area (Å²) in [7, 11) is 0. The largest absolute Gasteiger partial charge is 0.0754 e. The Hall–Kier alpha value is -6.24. The van der Waals surface area contributed by atoms with Gasteiger partial charge in [0.05, 0.1) is 5.41 Å². The van der Waals surface area contributed by atoms with Crippen LogP contribution in [0.5, 0.6) is 0 Å². The Labute approximate surface area is 299 Å². The van der Waals surface area contributed by atoms with E-state index in [4.69, 9.17) is 0 Å². The first-order valence-electron chi connectivity index (χ1n) is 18.1. The summed E-state index contributed by atoms with van der Waals surface area (Å²) in [5, 5.41) is 2.66. The van der Waals surface area contributed by atoms with Gasteiger partial charge in [0.2, 0.25) is 0 Å². The lowest BCUT2D eigenvalue weighted by Crippen LogP contribution is -2.31. The number of hydrogen-bond donors (Lipinski definition) is 0. The topological polar surface area (TPSA) is 0 Å². The van der Waals surface area contributed by atoms with E-state index in [1.54, 1.807) is 0 Å². The second-order valence-corrected chi connectivity index (χ2v) is 14.3. The third-order valence-corrected chi connectivity index (χ3v) is 11.8. The van der Waals surface area contributed by atoms with Crippen molar-refractivity contribution in [3.05, 3.63) is 227 Å². The number of allylic oxidation sites excluding steroid dienone is 3. The molecule has 0 aliphatic heterocycles. The van der Waals surface area contributed by atoms with E-state index < -0.39 is 5.41 Å². The molecular formula is C51H34. The van der Waals surface area contributed by atoms with Crippen LogP contribution in [0, 0.1) is 0 Å². The summed E-state index contributed by atoms with van der Waals surface area (Å²) in [5.41, 5.74) is 19.5. The van der Waals surface area contributed by atoms with E-state index in [0.29, 0.717) is 5.92 Å². The van der Waals surface area contributed by atoms with Crippen molar-refractivity contribution >= 4 is 22.4 Å². The zero-order chi connectivity index (χ0) is 33.5. The van der Waals surface area contributed by atoms with Gasteiger partial charge in [-0.25, -0.2) is 0 Å². The predicted octanol–water partition coefficient (Wildman–Crippen LogP) is 12.7. The fourth-order valence-electron chi connectivity index (χ4n) is 9.62. The molecule has 4 aliphatic rings. The average Bonchev–Trinajstić information content (AvgIpc) is 3.48. The second-order valence-electron chi connectivity index (χ2n) is 14.3. The summed E-state index contributed by atoms with van der Waals surface area (Å²) in [6.07, 6.45) is 8.06. The predicted molar refractivity (Wildman–Crippen MR) is 213 cm³/mol. The molecule has 238 valence electrons. The van der Waals surface area contributed by atoms with Crippen molar-refractivity contribution < 1.29 is 0 Å². The first-order chi connectivity index (χ1) is 25.3. The van der Waals surface area contributed by atoms with Gasteiger partial charge in [-0.3, -0.25) is 0 Å². The Kier molecular flexibility index (Phi) is 6.10. The fraction of sp³-hybridized carbons (Fsp3) is 0.0588. The number of benzene rings is 6. The maximum Gasteiger partial charge on any atom is 0.0725 e. The Morgan fingerprint density at radius 3 is 1.96 bits per heavy atom. The van der Waals surface area contributed by atoms with Crippen molar-refractivity contribution in [1.82, 2.24) is 0 Å². The highest BCUT2D eigenvalue weighted by Crippen LogP contribution is 2.62. The molecule has 0 radical (unpaired) electrons. The van der Waals surface area contributed by atoms with E-state index in [-0.39, 0.29) is 0 Å². The maximum atomic E-state index is 2.50. The smallest absolute Gasteiger partial charge is 0.0725 e. The molecule has 0 aromatic heterocycles. The van der Waals surface area contributed by atoms with Crippen molar-refractivity contribution in [2.45, 2.75) is 17.8 Å². The molecule has 4 aliphatic carbocycles. The molecule has 2 unspecified atom stereocenters. The molecule has 0 heteroatoms. The summed E-state index contributed by atoms with van der Waals surface area (Å²) >= 11 is 0. The van der Waals surface area contributed by atoms with Gasteiger partial charge < -0.3 is 0 Å². The van der Waals surface area contributed by atoms with Gasteiger partial charge in [-0.05, 0) is 107 Å². The zero-order valence-electron chi connectivity index (χ0n) is 28.2. The molecule has 2 bridgehead atoms. The molecule has 1 spiro atoms. The SMILES string of the molecule is C1=CC(c2ccccc2)C2=CCc3ccc(-c4ccc5c(c4)C4(c6ccccc6-5)c5ccccc5-c5cccc6cccc4c56)cccc1c2c3. The lowest BCUT2D eigenvalue weighted by atomic mass is 9.61. The van der Waals surface area contributed by atoms with Gasteiger partial charge in [0.25, 0.3) is 0 Å². The van der Waals surface area contributed by atoms with Gasteiger partial charge in [0.1, 0.15) is 0 Å². The molecule has 7 aromatic carbocycles. The fourth-order valence-corrected chi connectivity index (χ4v) is 9.62. The van der Waals surface area contributed by atoms with Crippen LogP contribution in [-0.4, -0.2) is 0 Å². The zero-order valence-corrected chi connectivity index (χ0v) is 28.2. The van der Waals surface area contributed by atoms with Crippen LogP contribution in [0.4, 0.5) is 0 Å². The van der Waals surface area contributed by atoms with Crippen LogP contribution < -0.4 is 0 Å². The molecule has 0 nitrogen and oxygen atoms in total. The van der Waals surface area contributed by atoms with Crippen LogP contribution in [0.25, 0.3) is 55.8 Å². The van der Waals surface area contributed by atoms with E-state index in [1.807, 2.05) is 0 Å². The molecule has 51 heavy (non-hydrogen) atoms. The molecule has 0 N–H and O–H groups in total. The van der Waals surface area contributed by atoms with Crippen LogP contribution in [0.15, 0.2) is 182 Å². The van der Waals surface area contributed by atoms with Gasteiger partial charge in [0, 0.05) is 5.92 Å². The van der Waals surface area contributed by atoms with Crippen LogP contribution in [0.3, 0.4) is 0 Å². The highest BCUT2D eigenvalue weighted by molar-refractivity contribution is 6.07. The average molecular weight is 647 g/mol.